The fraction of sp³-hybridized carbons (Fsp3) is 0.222. The summed E-state index contributed by atoms with van der Waals surface area (Å²) in [5.41, 5.74) is 0.975. The highest BCUT2D eigenvalue weighted by molar-refractivity contribution is 7.97. The van der Waals surface area contributed by atoms with Crippen molar-refractivity contribution in [3.63, 3.8) is 0 Å². The van der Waals surface area contributed by atoms with Gasteiger partial charge >= 0.3 is 0 Å². The molecule has 0 N–H and O–H groups in total. The average molecular weight is 245 g/mol. The van der Waals surface area contributed by atoms with E-state index in [1.165, 1.54) is 16.2 Å². The molecule has 0 radical (unpaired) electrons. The van der Waals surface area contributed by atoms with E-state index in [0.717, 1.165) is 10.2 Å². The summed E-state index contributed by atoms with van der Waals surface area (Å²) in [6.45, 7) is 0. The van der Waals surface area contributed by atoms with Crippen molar-refractivity contribution in [3.8, 4) is 0 Å². The third-order valence-corrected chi connectivity index (χ3v) is 3.57. The normalized spacial score (nSPS) is 11.4. The lowest BCUT2D eigenvalue weighted by atomic mass is 10.3. The highest BCUT2D eigenvalue weighted by Gasteiger charge is 2.03. The van der Waals surface area contributed by atoms with Crippen LogP contribution in [0.1, 0.15) is 0 Å². The molecule has 0 aliphatic carbocycles. The van der Waals surface area contributed by atoms with Crippen LogP contribution in [0.5, 0.6) is 0 Å². The number of nitrogens with zero attached hydrogens (tertiary/aromatic N) is 2. The fourth-order valence-electron chi connectivity index (χ4n) is 1.14. The fourth-order valence-corrected chi connectivity index (χ4v) is 3.01. The Labute approximate surface area is 96.0 Å². The third kappa shape index (κ3) is 2.20. The van der Waals surface area contributed by atoms with Crippen LogP contribution in [0.25, 0.3) is 10.2 Å². The van der Waals surface area contributed by atoms with Crippen LogP contribution in [0.3, 0.4) is 0 Å². The molecule has 2 nitrogen and oxygen atoms in total. The number of thiazole rings is 1. The molecule has 0 aliphatic rings. The molecule has 0 atom stereocenters. The van der Waals surface area contributed by atoms with Gasteiger partial charge in [-0.3, -0.25) is 4.31 Å². The lowest BCUT2D eigenvalue weighted by molar-refractivity contribution is 0.703. The first kappa shape index (κ1) is 10.2. The second-order valence-corrected chi connectivity index (χ2v) is 6.00. The van der Waals surface area contributed by atoms with E-state index in [2.05, 4.69) is 21.4 Å². The maximum atomic E-state index is 5.83. The molecule has 0 saturated heterocycles. The van der Waals surface area contributed by atoms with Gasteiger partial charge in [0, 0.05) is 4.90 Å². The molecule has 5 heteroatoms. The standard InChI is InChI=1S/C9H9ClN2S2/c1-12(2)14-6-3-4-7-8(5-6)13-9(10)11-7/h3-5H,1-2H3. The van der Waals surface area contributed by atoms with Crippen molar-refractivity contribution in [2.75, 3.05) is 14.1 Å². The number of rotatable bonds is 2. The van der Waals surface area contributed by atoms with Crippen molar-refractivity contribution < 1.29 is 0 Å². The molecule has 74 valence electrons. The molecule has 2 aromatic rings. The number of aromatic nitrogens is 1. The van der Waals surface area contributed by atoms with Gasteiger partial charge < -0.3 is 0 Å². The minimum absolute atomic E-state index is 0.604. The van der Waals surface area contributed by atoms with Crippen LogP contribution in [0.4, 0.5) is 0 Å². The molecule has 0 aliphatic heterocycles. The summed E-state index contributed by atoms with van der Waals surface area (Å²) in [6.07, 6.45) is 0. The van der Waals surface area contributed by atoms with E-state index >= 15 is 0 Å². The van der Waals surface area contributed by atoms with Crippen LogP contribution in [0.2, 0.25) is 4.47 Å². The van der Waals surface area contributed by atoms with Crippen LogP contribution in [-0.2, 0) is 0 Å². The van der Waals surface area contributed by atoms with Gasteiger partial charge in [-0.15, -0.1) is 11.3 Å². The Morgan fingerprint density at radius 3 is 2.93 bits per heavy atom. The Balaban J connectivity index is 2.40. The molecule has 1 aromatic carbocycles. The van der Waals surface area contributed by atoms with E-state index in [9.17, 15) is 0 Å². The van der Waals surface area contributed by atoms with E-state index in [1.807, 2.05) is 20.2 Å². The second kappa shape index (κ2) is 4.06. The van der Waals surface area contributed by atoms with Crippen molar-refractivity contribution in [3.05, 3.63) is 22.7 Å². The summed E-state index contributed by atoms with van der Waals surface area (Å²) < 4.78 is 3.80. The zero-order valence-electron chi connectivity index (χ0n) is 7.82. The monoisotopic (exact) mass is 244 g/mol. The van der Waals surface area contributed by atoms with Crippen LogP contribution in [0.15, 0.2) is 23.1 Å². The number of hydrogen-bond acceptors (Lipinski definition) is 4. The summed E-state index contributed by atoms with van der Waals surface area (Å²) in [7, 11) is 4.04. The summed E-state index contributed by atoms with van der Waals surface area (Å²) in [5.74, 6) is 0. The molecule has 1 heterocycles. The molecule has 0 unspecified atom stereocenters. The van der Waals surface area contributed by atoms with E-state index in [-0.39, 0.29) is 0 Å². The molecular weight excluding hydrogens is 236 g/mol. The van der Waals surface area contributed by atoms with Gasteiger partial charge in [-0.05, 0) is 44.2 Å². The molecule has 2 rings (SSSR count). The lowest BCUT2D eigenvalue weighted by Gasteiger charge is -2.07. The van der Waals surface area contributed by atoms with Crippen LogP contribution >= 0.6 is 34.9 Å². The molecule has 0 fully saturated rings. The average Bonchev–Trinajstić information content (AvgIpc) is 2.42. The quantitative estimate of drug-likeness (QED) is 0.752. The first-order valence-corrected chi connectivity index (χ1v) is 6.03. The highest BCUT2D eigenvalue weighted by Crippen LogP contribution is 2.30. The van der Waals surface area contributed by atoms with Crippen LogP contribution in [0, 0.1) is 0 Å². The van der Waals surface area contributed by atoms with E-state index in [4.69, 9.17) is 11.6 Å². The first-order valence-electron chi connectivity index (χ1n) is 4.06. The van der Waals surface area contributed by atoms with Crippen LogP contribution < -0.4 is 0 Å². The molecule has 0 saturated carbocycles. The molecule has 14 heavy (non-hydrogen) atoms. The maximum absolute atomic E-state index is 5.83. The minimum Gasteiger partial charge on any atom is -0.253 e. The molecular formula is C9H9ClN2S2. The third-order valence-electron chi connectivity index (χ3n) is 1.62. The summed E-state index contributed by atoms with van der Waals surface area (Å²) in [6, 6.07) is 6.18. The van der Waals surface area contributed by atoms with Crippen molar-refractivity contribution in [2.24, 2.45) is 0 Å². The van der Waals surface area contributed by atoms with Gasteiger partial charge in [0.05, 0.1) is 10.2 Å². The van der Waals surface area contributed by atoms with Crippen molar-refractivity contribution in [2.45, 2.75) is 4.90 Å². The number of benzene rings is 1. The van der Waals surface area contributed by atoms with Crippen molar-refractivity contribution in [1.29, 1.82) is 0 Å². The summed E-state index contributed by atoms with van der Waals surface area (Å²) in [5, 5.41) is 0. The predicted octanol–water partition coefficient (Wildman–Crippen LogP) is 3.52. The molecule has 1 aromatic heterocycles. The summed E-state index contributed by atoms with van der Waals surface area (Å²) in [4.78, 5) is 5.41. The zero-order chi connectivity index (χ0) is 10.1. The topological polar surface area (TPSA) is 16.1 Å². The van der Waals surface area contributed by atoms with Gasteiger partial charge in [-0.2, -0.15) is 0 Å². The molecule has 0 spiro atoms. The smallest absolute Gasteiger partial charge is 0.184 e. The van der Waals surface area contributed by atoms with E-state index < -0.39 is 0 Å². The predicted molar refractivity (Wildman–Crippen MR) is 64.2 cm³/mol. The van der Waals surface area contributed by atoms with Gasteiger partial charge in [0.25, 0.3) is 0 Å². The SMILES string of the molecule is CN(C)Sc1ccc2nc(Cl)sc2c1. The largest absolute Gasteiger partial charge is 0.253 e. The Bertz CT molecular complexity index is 453. The van der Waals surface area contributed by atoms with E-state index in [1.54, 1.807) is 11.9 Å². The Hall–Kier alpha value is -0.290. The van der Waals surface area contributed by atoms with Crippen molar-refractivity contribution in [1.82, 2.24) is 9.29 Å². The van der Waals surface area contributed by atoms with Gasteiger partial charge in [0.2, 0.25) is 0 Å². The Morgan fingerprint density at radius 1 is 1.43 bits per heavy atom. The Morgan fingerprint density at radius 2 is 2.21 bits per heavy atom. The molecule has 0 bridgehead atoms. The van der Waals surface area contributed by atoms with Gasteiger partial charge in [-0.1, -0.05) is 11.6 Å². The number of hydrogen-bond donors (Lipinski definition) is 0. The molecule has 0 amide bonds. The van der Waals surface area contributed by atoms with Gasteiger partial charge in [-0.25, -0.2) is 4.98 Å². The zero-order valence-corrected chi connectivity index (χ0v) is 10.2. The second-order valence-electron chi connectivity index (χ2n) is 3.00. The van der Waals surface area contributed by atoms with Crippen molar-refractivity contribution >= 4 is 45.1 Å². The minimum atomic E-state index is 0.604. The number of halogens is 1. The van der Waals surface area contributed by atoms with E-state index in [0.29, 0.717) is 4.47 Å². The summed E-state index contributed by atoms with van der Waals surface area (Å²) >= 11 is 9.04. The van der Waals surface area contributed by atoms with Gasteiger partial charge in [0.1, 0.15) is 0 Å². The van der Waals surface area contributed by atoms with Crippen LogP contribution in [-0.4, -0.2) is 23.4 Å². The lowest BCUT2D eigenvalue weighted by Crippen LogP contribution is -1.98. The Kier molecular flexibility index (Phi) is 2.97. The maximum Gasteiger partial charge on any atom is 0.184 e. The van der Waals surface area contributed by atoms with Gasteiger partial charge in [0.15, 0.2) is 4.47 Å². The number of fused-ring (bicyclic) bond motifs is 1. The first-order chi connectivity index (χ1) is 6.65. The highest BCUT2D eigenvalue weighted by atomic mass is 35.5.